The number of carbonyl (C=O) groups excluding carboxylic acids is 1. The van der Waals surface area contributed by atoms with Crippen LogP contribution in [0.15, 0.2) is 77.9 Å². The molecular weight excluding hydrogens is 380 g/mol. The number of benzene rings is 2. The van der Waals surface area contributed by atoms with E-state index in [2.05, 4.69) is 10.4 Å². The second kappa shape index (κ2) is 8.65. The molecule has 0 bridgehead atoms. The van der Waals surface area contributed by atoms with Crippen molar-refractivity contribution < 1.29 is 9.53 Å². The lowest BCUT2D eigenvalue weighted by molar-refractivity contribution is -0.121. The number of nitrogens with one attached hydrogen (secondary N) is 1. The van der Waals surface area contributed by atoms with Crippen molar-refractivity contribution in [3.05, 3.63) is 89.0 Å². The third-order valence-corrected chi connectivity index (χ3v) is 4.88. The number of fused-ring (bicyclic) bond motifs is 1. The molecule has 7 heteroatoms. The summed E-state index contributed by atoms with van der Waals surface area (Å²) in [4.78, 5) is 25.1. The van der Waals surface area contributed by atoms with E-state index in [-0.39, 0.29) is 18.0 Å². The lowest BCUT2D eigenvalue weighted by Gasteiger charge is -2.07. The lowest BCUT2D eigenvalue weighted by atomic mass is 10.1. The van der Waals surface area contributed by atoms with E-state index in [1.54, 1.807) is 25.6 Å². The van der Waals surface area contributed by atoms with Crippen molar-refractivity contribution in [2.45, 2.75) is 13.0 Å². The van der Waals surface area contributed by atoms with Gasteiger partial charge in [0.2, 0.25) is 5.91 Å². The molecule has 0 spiro atoms. The summed E-state index contributed by atoms with van der Waals surface area (Å²) in [5.41, 5.74) is 2.87. The van der Waals surface area contributed by atoms with Gasteiger partial charge in [-0.15, -0.1) is 0 Å². The quantitative estimate of drug-likeness (QED) is 0.515. The van der Waals surface area contributed by atoms with Crippen LogP contribution in [0, 0.1) is 0 Å². The molecule has 7 nitrogen and oxygen atoms in total. The molecule has 30 heavy (non-hydrogen) atoms. The highest BCUT2D eigenvalue weighted by molar-refractivity contribution is 5.76. The molecule has 0 aliphatic carbocycles. The molecule has 0 fully saturated rings. The van der Waals surface area contributed by atoms with Crippen molar-refractivity contribution in [2.24, 2.45) is 0 Å². The first-order valence-electron chi connectivity index (χ1n) is 9.68. The van der Waals surface area contributed by atoms with Gasteiger partial charge in [0, 0.05) is 24.5 Å². The summed E-state index contributed by atoms with van der Waals surface area (Å²) < 4.78 is 8.10. The van der Waals surface area contributed by atoms with E-state index in [9.17, 15) is 9.59 Å². The molecule has 152 valence electrons. The highest BCUT2D eigenvalue weighted by Gasteiger charge is 2.11. The van der Waals surface area contributed by atoms with Gasteiger partial charge >= 0.3 is 0 Å². The van der Waals surface area contributed by atoms with Crippen LogP contribution in [0.2, 0.25) is 0 Å². The van der Waals surface area contributed by atoms with E-state index in [0.717, 1.165) is 23.3 Å². The van der Waals surface area contributed by atoms with Crippen molar-refractivity contribution in [2.75, 3.05) is 13.7 Å². The van der Waals surface area contributed by atoms with Gasteiger partial charge in [-0.3, -0.25) is 9.59 Å². The first-order valence-corrected chi connectivity index (χ1v) is 9.68. The Balaban J connectivity index is 1.46. The molecule has 0 aliphatic heterocycles. The predicted molar refractivity (Wildman–Crippen MR) is 115 cm³/mol. The maximum Gasteiger partial charge on any atom is 0.277 e. The van der Waals surface area contributed by atoms with Gasteiger partial charge in [0.1, 0.15) is 17.8 Å². The van der Waals surface area contributed by atoms with E-state index in [1.807, 2.05) is 54.6 Å². The van der Waals surface area contributed by atoms with Crippen LogP contribution in [0.1, 0.15) is 5.56 Å². The molecule has 1 amide bonds. The van der Waals surface area contributed by atoms with Crippen LogP contribution in [0.3, 0.4) is 0 Å². The fourth-order valence-electron chi connectivity index (χ4n) is 3.26. The average Bonchev–Trinajstić information content (AvgIpc) is 3.22. The Morgan fingerprint density at radius 1 is 1.07 bits per heavy atom. The van der Waals surface area contributed by atoms with Crippen LogP contribution in [0.4, 0.5) is 0 Å². The fraction of sp³-hybridized carbons (Fsp3) is 0.174. The molecule has 2 heterocycles. The number of rotatable bonds is 7. The largest absolute Gasteiger partial charge is 0.497 e. The van der Waals surface area contributed by atoms with Gasteiger partial charge < -0.3 is 14.6 Å². The summed E-state index contributed by atoms with van der Waals surface area (Å²) in [5.74, 6) is 0.551. The molecule has 0 saturated heterocycles. The molecule has 0 unspecified atom stereocenters. The Bertz CT molecular complexity index is 1210. The number of amides is 1. The van der Waals surface area contributed by atoms with Crippen LogP contribution >= 0.6 is 0 Å². The SMILES string of the molecule is COc1ccc(-c2cc3c(=O)n(CC(=O)NCCc4ccccc4)ccn3n2)cc1. The number of hydrogen-bond donors (Lipinski definition) is 1. The topological polar surface area (TPSA) is 77.6 Å². The van der Waals surface area contributed by atoms with Gasteiger partial charge in [-0.1, -0.05) is 30.3 Å². The standard InChI is InChI=1S/C23H22N4O3/c1-30-19-9-7-18(8-10-19)20-15-21-23(29)26(13-14-27(21)25-20)16-22(28)24-12-11-17-5-3-2-4-6-17/h2-10,13-15H,11-12,16H2,1H3,(H,24,28). The Morgan fingerprint density at radius 3 is 2.57 bits per heavy atom. The number of aromatic nitrogens is 3. The monoisotopic (exact) mass is 402 g/mol. The maximum atomic E-state index is 12.8. The van der Waals surface area contributed by atoms with Crippen molar-refractivity contribution >= 4 is 11.4 Å². The van der Waals surface area contributed by atoms with Crippen molar-refractivity contribution in [1.29, 1.82) is 0 Å². The number of nitrogens with zero attached hydrogens (tertiary/aromatic N) is 3. The number of carbonyl (C=O) groups is 1. The minimum absolute atomic E-state index is 0.0346. The summed E-state index contributed by atoms with van der Waals surface area (Å²) in [7, 11) is 1.61. The molecule has 0 aliphatic rings. The lowest BCUT2D eigenvalue weighted by Crippen LogP contribution is -2.33. The van der Waals surface area contributed by atoms with Crippen molar-refractivity contribution in [3.63, 3.8) is 0 Å². The summed E-state index contributed by atoms with van der Waals surface area (Å²) in [6.45, 7) is 0.487. The third-order valence-electron chi connectivity index (χ3n) is 4.88. The van der Waals surface area contributed by atoms with Crippen molar-refractivity contribution in [1.82, 2.24) is 19.5 Å². The van der Waals surface area contributed by atoms with Crippen LogP contribution in [-0.2, 0) is 17.8 Å². The number of ether oxygens (including phenoxy) is 1. The molecule has 4 aromatic rings. The zero-order valence-electron chi connectivity index (χ0n) is 16.6. The van der Waals surface area contributed by atoms with E-state index in [4.69, 9.17) is 4.74 Å². The van der Waals surface area contributed by atoms with E-state index < -0.39 is 0 Å². The number of methoxy groups -OCH3 is 1. The van der Waals surface area contributed by atoms with E-state index in [0.29, 0.717) is 17.8 Å². The van der Waals surface area contributed by atoms with Gasteiger partial charge in [0.25, 0.3) is 5.56 Å². The summed E-state index contributed by atoms with van der Waals surface area (Å²) in [6.07, 6.45) is 4.01. The molecule has 1 N–H and O–H groups in total. The predicted octanol–water partition coefficient (Wildman–Crippen LogP) is 2.53. The minimum Gasteiger partial charge on any atom is -0.497 e. The van der Waals surface area contributed by atoms with Gasteiger partial charge in [-0.05, 0) is 42.3 Å². The first-order chi connectivity index (χ1) is 14.6. The Labute approximate surface area is 173 Å². The zero-order valence-corrected chi connectivity index (χ0v) is 16.6. The van der Waals surface area contributed by atoms with Gasteiger partial charge in [0.15, 0.2) is 0 Å². The van der Waals surface area contributed by atoms with Gasteiger partial charge in [-0.25, -0.2) is 4.52 Å². The zero-order chi connectivity index (χ0) is 20.9. The number of hydrogen-bond acceptors (Lipinski definition) is 4. The maximum absolute atomic E-state index is 12.8. The summed E-state index contributed by atoms with van der Waals surface area (Å²) in [5, 5.41) is 7.33. The molecular formula is C23H22N4O3. The third kappa shape index (κ3) is 4.25. The highest BCUT2D eigenvalue weighted by Crippen LogP contribution is 2.21. The van der Waals surface area contributed by atoms with Crippen LogP contribution in [-0.4, -0.2) is 33.7 Å². The Hall–Kier alpha value is -3.87. The second-order valence-electron chi connectivity index (χ2n) is 6.90. The molecule has 4 rings (SSSR count). The molecule has 2 aromatic heterocycles. The summed E-state index contributed by atoms with van der Waals surface area (Å²) >= 11 is 0. The molecule has 2 aromatic carbocycles. The van der Waals surface area contributed by atoms with Crippen LogP contribution in [0.5, 0.6) is 5.75 Å². The fourth-order valence-corrected chi connectivity index (χ4v) is 3.26. The Morgan fingerprint density at radius 2 is 1.83 bits per heavy atom. The van der Waals surface area contributed by atoms with Crippen LogP contribution < -0.4 is 15.6 Å². The minimum atomic E-state index is -0.261. The Kier molecular flexibility index (Phi) is 5.61. The first kappa shape index (κ1) is 19.4. The highest BCUT2D eigenvalue weighted by atomic mass is 16.5. The van der Waals surface area contributed by atoms with E-state index >= 15 is 0 Å². The molecule has 0 saturated carbocycles. The smallest absolute Gasteiger partial charge is 0.277 e. The molecule has 0 atom stereocenters. The van der Waals surface area contributed by atoms with E-state index in [1.165, 1.54) is 9.08 Å². The average molecular weight is 402 g/mol. The van der Waals surface area contributed by atoms with Crippen LogP contribution in [0.25, 0.3) is 16.8 Å². The van der Waals surface area contributed by atoms with Gasteiger partial charge in [-0.2, -0.15) is 5.10 Å². The van der Waals surface area contributed by atoms with Gasteiger partial charge in [0.05, 0.1) is 12.8 Å². The normalized spacial score (nSPS) is 10.8. The summed E-state index contributed by atoms with van der Waals surface area (Å²) in [6, 6.07) is 19.1. The van der Waals surface area contributed by atoms with Crippen molar-refractivity contribution in [3.8, 4) is 17.0 Å². The molecule has 0 radical (unpaired) electrons. The second-order valence-corrected chi connectivity index (χ2v) is 6.90.